The molecule has 0 spiro atoms. The molecule has 2 aliphatic rings. The topological polar surface area (TPSA) is 27.7 Å². The van der Waals surface area contributed by atoms with E-state index in [-0.39, 0.29) is 0 Å². The zero-order chi connectivity index (χ0) is 13.7. The average molecular weight is 269 g/mol. The van der Waals surface area contributed by atoms with Gasteiger partial charge in [-0.3, -0.25) is 0 Å². The van der Waals surface area contributed by atoms with Gasteiger partial charge in [-0.25, -0.2) is 0 Å². The van der Waals surface area contributed by atoms with Gasteiger partial charge in [0.2, 0.25) is 0 Å². The van der Waals surface area contributed by atoms with Crippen molar-refractivity contribution in [2.24, 2.45) is 5.92 Å². The molecule has 112 valence electrons. The number of likely N-dealkylation sites (N-methyl/N-ethyl adjacent to an activating group) is 2. The van der Waals surface area contributed by atoms with Crippen molar-refractivity contribution < 1.29 is 4.74 Å². The third-order valence-corrected chi connectivity index (χ3v) is 4.90. The van der Waals surface area contributed by atoms with Crippen LogP contribution in [0.3, 0.4) is 0 Å². The Morgan fingerprint density at radius 1 is 1.16 bits per heavy atom. The third kappa shape index (κ3) is 4.71. The van der Waals surface area contributed by atoms with Crippen LogP contribution in [0.2, 0.25) is 0 Å². The van der Waals surface area contributed by atoms with Gasteiger partial charge in [-0.15, -0.1) is 0 Å². The van der Waals surface area contributed by atoms with Crippen molar-refractivity contribution in [1.82, 2.24) is 15.1 Å². The highest BCUT2D eigenvalue weighted by molar-refractivity contribution is 4.84. The van der Waals surface area contributed by atoms with Crippen molar-refractivity contribution in [2.75, 3.05) is 54.0 Å². The molecule has 4 nitrogen and oxygen atoms in total. The lowest BCUT2D eigenvalue weighted by atomic mass is 9.89. The Balaban J connectivity index is 1.80. The van der Waals surface area contributed by atoms with Crippen molar-refractivity contribution >= 4 is 0 Å². The summed E-state index contributed by atoms with van der Waals surface area (Å²) in [7, 11) is 6.64. The molecule has 2 heterocycles. The van der Waals surface area contributed by atoms with E-state index in [0.29, 0.717) is 12.1 Å². The van der Waals surface area contributed by atoms with Gasteiger partial charge in [0.25, 0.3) is 0 Å². The minimum atomic E-state index is 0.655. The molecular formula is C15H31N3O. The number of nitrogens with zero attached hydrogens (tertiary/aromatic N) is 2. The Kier molecular flexibility index (Phi) is 6.07. The van der Waals surface area contributed by atoms with Crippen LogP contribution in [0.4, 0.5) is 0 Å². The fraction of sp³-hybridized carbons (Fsp3) is 1.00. The summed E-state index contributed by atoms with van der Waals surface area (Å²) < 4.78 is 5.46. The third-order valence-electron chi connectivity index (χ3n) is 4.90. The molecule has 19 heavy (non-hydrogen) atoms. The molecular weight excluding hydrogens is 238 g/mol. The van der Waals surface area contributed by atoms with Gasteiger partial charge in [-0.1, -0.05) is 0 Å². The lowest BCUT2D eigenvalue weighted by molar-refractivity contribution is 0.0561. The molecule has 0 bridgehead atoms. The maximum Gasteiger partial charge on any atom is 0.0468 e. The van der Waals surface area contributed by atoms with E-state index in [2.05, 4.69) is 36.3 Å². The molecule has 2 unspecified atom stereocenters. The molecule has 2 saturated heterocycles. The second kappa shape index (κ2) is 7.58. The van der Waals surface area contributed by atoms with Crippen LogP contribution in [0.5, 0.6) is 0 Å². The summed E-state index contributed by atoms with van der Waals surface area (Å²) in [6.07, 6.45) is 5.08. The molecule has 0 saturated carbocycles. The van der Waals surface area contributed by atoms with Crippen LogP contribution in [0, 0.1) is 5.92 Å². The second-order valence-electron chi connectivity index (χ2n) is 6.41. The molecule has 2 aliphatic heterocycles. The van der Waals surface area contributed by atoms with Crippen molar-refractivity contribution in [3.05, 3.63) is 0 Å². The molecule has 2 rings (SSSR count). The number of hydrogen-bond donors (Lipinski definition) is 1. The molecule has 2 atom stereocenters. The van der Waals surface area contributed by atoms with Crippen LogP contribution < -0.4 is 5.32 Å². The zero-order valence-electron chi connectivity index (χ0n) is 12.9. The van der Waals surface area contributed by atoms with Crippen LogP contribution in [-0.4, -0.2) is 75.9 Å². The maximum atomic E-state index is 5.46. The fourth-order valence-electron chi connectivity index (χ4n) is 3.40. The van der Waals surface area contributed by atoms with Gasteiger partial charge in [0.05, 0.1) is 0 Å². The summed E-state index contributed by atoms with van der Waals surface area (Å²) in [6, 6.07) is 1.36. The summed E-state index contributed by atoms with van der Waals surface area (Å²) in [5.41, 5.74) is 0. The lowest BCUT2D eigenvalue weighted by Crippen LogP contribution is -2.52. The number of hydrogen-bond acceptors (Lipinski definition) is 4. The van der Waals surface area contributed by atoms with E-state index in [1.807, 2.05) is 0 Å². The quantitative estimate of drug-likeness (QED) is 0.807. The first-order chi connectivity index (χ1) is 9.19. The molecule has 0 aromatic carbocycles. The van der Waals surface area contributed by atoms with Crippen LogP contribution in [0.15, 0.2) is 0 Å². The number of rotatable bonds is 5. The highest BCUT2D eigenvalue weighted by Gasteiger charge is 2.26. The van der Waals surface area contributed by atoms with E-state index >= 15 is 0 Å². The first-order valence-electron chi connectivity index (χ1n) is 7.83. The van der Waals surface area contributed by atoms with Gasteiger partial charge < -0.3 is 19.9 Å². The number of piperazine rings is 1. The van der Waals surface area contributed by atoms with Gasteiger partial charge in [-0.2, -0.15) is 0 Å². The summed E-state index contributed by atoms with van der Waals surface area (Å²) >= 11 is 0. The predicted octanol–water partition coefficient (Wildman–Crippen LogP) is 1.03. The molecule has 0 aromatic rings. The molecule has 0 aliphatic carbocycles. The van der Waals surface area contributed by atoms with Crippen molar-refractivity contribution in [3.8, 4) is 0 Å². The fourth-order valence-corrected chi connectivity index (χ4v) is 3.40. The Labute approximate surface area is 118 Å². The van der Waals surface area contributed by atoms with Crippen molar-refractivity contribution in [2.45, 2.75) is 37.8 Å². The Bertz CT molecular complexity index is 256. The first kappa shape index (κ1) is 15.2. The summed E-state index contributed by atoms with van der Waals surface area (Å²) in [5.74, 6) is 0.859. The van der Waals surface area contributed by atoms with Crippen LogP contribution >= 0.6 is 0 Å². The van der Waals surface area contributed by atoms with Crippen LogP contribution in [0.25, 0.3) is 0 Å². The van der Waals surface area contributed by atoms with Gasteiger partial charge in [-0.05, 0) is 52.7 Å². The molecule has 1 N–H and O–H groups in total. The van der Waals surface area contributed by atoms with E-state index in [0.717, 1.165) is 19.1 Å². The standard InChI is InChI=1S/C15H31N3O/c1-16-14(10-13-4-8-19-9-5-13)11-15-12-17(2)6-7-18(15)3/h13-16H,4-12H2,1-3H3. The predicted molar refractivity (Wildman–Crippen MR) is 79.5 cm³/mol. The molecule has 0 aromatic heterocycles. The SMILES string of the molecule is CNC(CC1CCOCC1)CC1CN(C)CCN1C. The highest BCUT2D eigenvalue weighted by atomic mass is 16.5. The summed E-state index contributed by atoms with van der Waals surface area (Å²) in [6.45, 7) is 5.55. The van der Waals surface area contributed by atoms with Crippen molar-refractivity contribution in [3.63, 3.8) is 0 Å². The van der Waals surface area contributed by atoms with Crippen molar-refractivity contribution in [1.29, 1.82) is 0 Å². The first-order valence-corrected chi connectivity index (χ1v) is 7.83. The largest absolute Gasteiger partial charge is 0.381 e. The average Bonchev–Trinajstić information content (AvgIpc) is 2.43. The second-order valence-corrected chi connectivity index (χ2v) is 6.41. The van der Waals surface area contributed by atoms with Gasteiger partial charge in [0.15, 0.2) is 0 Å². The molecule has 0 radical (unpaired) electrons. The van der Waals surface area contributed by atoms with E-state index < -0.39 is 0 Å². The summed E-state index contributed by atoms with van der Waals surface area (Å²) in [4.78, 5) is 5.00. The normalized spacial score (nSPS) is 29.5. The van der Waals surface area contributed by atoms with Gasteiger partial charge in [0, 0.05) is 44.9 Å². The number of nitrogens with one attached hydrogen (secondary N) is 1. The van der Waals surface area contributed by atoms with E-state index in [4.69, 9.17) is 4.74 Å². The highest BCUT2D eigenvalue weighted by Crippen LogP contribution is 2.23. The van der Waals surface area contributed by atoms with Gasteiger partial charge in [0.1, 0.15) is 0 Å². The van der Waals surface area contributed by atoms with E-state index in [1.54, 1.807) is 0 Å². The molecule has 4 heteroatoms. The minimum absolute atomic E-state index is 0.655. The smallest absolute Gasteiger partial charge is 0.0468 e. The molecule has 0 amide bonds. The number of ether oxygens (including phenoxy) is 1. The Morgan fingerprint density at radius 3 is 2.58 bits per heavy atom. The van der Waals surface area contributed by atoms with E-state index in [9.17, 15) is 0 Å². The van der Waals surface area contributed by atoms with Crippen LogP contribution in [-0.2, 0) is 4.74 Å². The maximum absolute atomic E-state index is 5.46. The van der Waals surface area contributed by atoms with Crippen LogP contribution in [0.1, 0.15) is 25.7 Å². The Morgan fingerprint density at radius 2 is 1.89 bits per heavy atom. The zero-order valence-corrected chi connectivity index (χ0v) is 12.9. The van der Waals surface area contributed by atoms with E-state index in [1.165, 1.54) is 45.3 Å². The van der Waals surface area contributed by atoms with Gasteiger partial charge >= 0.3 is 0 Å². The minimum Gasteiger partial charge on any atom is -0.381 e. The Hall–Kier alpha value is -0.160. The summed E-state index contributed by atoms with van der Waals surface area (Å²) in [5, 5.41) is 3.55. The lowest BCUT2D eigenvalue weighted by Gasteiger charge is -2.40. The molecule has 2 fully saturated rings. The monoisotopic (exact) mass is 269 g/mol.